The summed E-state index contributed by atoms with van der Waals surface area (Å²) in [6, 6.07) is 0.328. The summed E-state index contributed by atoms with van der Waals surface area (Å²) >= 11 is 0. The second kappa shape index (κ2) is 7.17. The molecule has 1 fully saturated rings. The molecule has 0 spiro atoms. The number of rotatable bonds is 7. The van der Waals surface area contributed by atoms with Crippen LogP contribution in [0, 0.1) is 0 Å². The van der Waals surface area contributed by atoms with Gasteiger partial charge in [-0.25, -0.2) is 8.42 Å². The lowest BCUT2D eigenvalue weighted by Crippen LogP contribution is -2.53. The molecule has 1 aliphatic heterocycles. The number of sulfonamides is 1. The number of nitrogens with one attached hydrogen (secondary N) is 1. The fourth-order valence-corrected chi connectivity index (χ4v) is 3.41. The summed E-state index contributed by atoms with van der Waals surface area (Å²) in [6.45, 7) is 9.78. The fraction of sp³-hybridized carbons (Fsp3) is 1.00. The van der Waals surface area contributed by atoms with Gasteiger partial charge in [0.25, 0.3) is 0 Å². The summed E-state index contributed by atoms with van der Waals surface area (Å²) in [4.78, 5) is 2.26. The number of hydrogen-bond donors (Lipinski definition) is 2. The van der Waals surface area contributed by atoms with Crippen molar-refractivity contribution in [1.29, 1.82) is 0 Å². The quantitative estimate of drug-likeness (QED) is 0.676. The van der Waals surface area contributed by atoms with Crippen molar-refractivity contribution in [3.05, 3.63) is 0 Å². The lowest BCUT2D eigenvalue weighted by molar-refractivity contribution is 0.124. The third kappa shape index (κ3) is 5.65. The number of aliphatic hydroxyl groups is 1. The van der Waals surface area contributed by atoms with Crippen LogP contribution >= 0.6 is 0 Å². The Hall–Kier alpha value is -0.210. The van der Waals surface area contributed by atoms with Gasteiger partial charge < -0.3 is 15.3 Å². The first-order chi connectivity index (χ1) is 9.16. The minimum atomic E-state index is -3.06. The smallest absolute Gasteiger partial charge is 0.211 e. The molecule has 0 bridgehead atoms. The van der Waals surface area contributed by atoms with Gasteiger partial charge in [-0.3, -0.25) is 0 Å². The van der Waals surface area contributed by atoms with Gasteiger partial charge in [-0.1, -0.05) is 13.8 Å². The summed E-state index contributed by atoms with van der Waals surface area (Å²) in [5.74, 6) is 0. The van der Waals surface area contributed by atoms with Crippen LogP contribution in [0.2, 0.25) is 0 Å². The van der Waals surface area contributed by atoms with E-state index in [2.05, 4.69) is 24.1 Å². The summed E-state index contributed by atoms with van der Waals surface area (Å²) < 4.78 is 24.4. The van der Waals surface area contributed by atoms with Gasteiger partial charge in [-0.15, -0.1) is 0 Å². The molecule has 6 nitrogen and oxygen atoms in total. The number of hydrogen-bond acceptors (Lipinski definition) is 5. The van der Waals surface area contributed by atoms with Crippen LogP contribution in [0.3, 0.4) is 0 Å². The van der Waals surface area contributed by atoms with Gasteiger partial charge in [0.05, 0.1) is 12.9 Å². The summed E-state index contributed by atoms with van der Waals surface area (Å²) in [5.41, 5.74) is -0.276. The maximum absolute atomic E-state index is 11.4. The summed E-state index contributed by atoms with van der Waals surface area (Å²) in [6.07, 6.45) is 2.11. The molecule has 20 heavy (non-hydrogen) atoms. The molecule has 0 aromatic carbocycles. The van der Waals surface area contributed by atoms with Crippen LogP contribution in [0.15, 0.2) is 0 Å². The normalized spacial score (nSPS) is 22.1. The largest absolute Gasteiger partial charge is 0.394 e. The lowest BCUT2D eigenvalue weighted by atomic mass is 9.97. The first kappa shape index (κ1) is 17.8. The van der Waals surface area contributed by atoms with Crippen molar-refractivity contribution in [2.45, 2.75) is 38.8 Å². The first-order valence-corrected chi connectivity index (χ1v) is 9.07. The zero-order valence-electron chi connectivity index (χ0n) is 13.1. The van der Waals surface area contributed by atoms with Gasteiger partial charge in [0.2, 0.25) is 10.0 Å². The Labute approximate surface area is 123 Å². The van der Waals surface area contributed by atoms with Crippen molar-refractivity contribution in [2.24, 2.45) is 0 Å². The Morgan fingerprint density at radius 2 is 1.80 bits per heavy atom. The summed E-state index contributed by atoms with van der Waals surface area (Å²) in [7, 11) is -3.06. The van der Waals surface area contributed by atoms with Crippen molar-refractivity contribution >= 4 is 10.0 Å². The second-order valence-corrected chi connectivity index (χ2v) is 8.25. The molecule has 1 aliphatic rings. The van der Waals surface area contributed by atoms with Gasteiger partial charge in [0, 0.05) is 44.3 Å². The van der Waals surface area contributed by atoms with E-state index in [0.29, 0.717) is 19.1 Å². The topological polar surface area (TPSA) is 72.9 Å². The van der Waals surface area contributed by atoms with Gasteiger partial charge in [-0.2, -0.15) is 4.31 Å². The van der Waals surface area contributed by atoms with Crippen LogP contribution in [0.1, 0.15) is 27.2 Å². The van der Waals surface area contributed by atoms with Crippen LogP contribution in [-0.4, -0.2) is 79.9 Å². The van der Waals surface area contributed by atoms with E-state index in [-0.39, 0.29) is 12.1 Å². The third-order valence-corrected chi connectivity index (χ3v) is 5.07. The second-order valence-electron chi connectivity index (χ2n) is 6.27. The number of nitrogens with zero attached hydrogens (tertiary/aromatic N) is 2. The van der Waals surface area contributed by atoms with Gasteiger partial charge in [-0.05, 0) is 13.3 Å². The molecular formula is C13H29N3O3S. The molecule has 0 aliphatic carbocycles. The zero-order chi connectivity index (χ0) is 15.4. The van der Waals surface area contributed by atoms with Crippen LogP contribution in [0.5, 0.6) is 0 Å². The molecule has 0 saturated carbocycles. The average Bonchev–Trinajstić information content (AvgIpc) is 2.35. The van der Waals surface area contributed by atoms with Crippen LogP contribution in [0.25, 0.3) is 0 Å². The number of aliphatic hydroxyl groups excluding tert-OH is 1. The lowest BCUT2D eigenvalue weighted by Gasteiger charge is -2.37. The van der Waals surface area contributed by atoms with Crippen molar-refractivity contribution in [3.63, 3.8) is 0 Å². The van der Waals surface area contributed by atoms with Gasteiger partial charge >= 0.3 is 0 Å². The van der Waals surface area contributed by atoms with Crippen LogP contribution in [0.4, 0.5) is 0 Å². The molecule has 7 heteroatoms. The van der Waals surface area contributed by atoms with Crippen molar-refractivity contribution in [2.75, 3.05) is 45.6 Å². The van der Waals surface area contributed by atoms with Crippen molar-refractivity contribution < 1.29 is 13.5 Å². The standard InChI is InChI=1S/C13H29N3O3S/c1-12(2)14-13(3,11-17)5-6-15-7-9-16(10-8-15)20(4,18)19/h12,14,17H,5-11H2,1-4H3. The molecule has 120 valence electrons. The highest BCUT2D eigenvalue weighted by molar-refractivity contribution is 7.88. The SMILES string of the molecule is CC(C)NC(C)(CO)CCN1CCN(S(C)(=O)=O)CC1. The molecule has 0 aromatic rings. The molecule has 0 amide bonds. The van der Waals surface area contributed by atoms with Crippen molar-refractivity contribution in [1.82, 2.24) is 14.5 Å². The molecule has 0 aromatic heterocycles. The van der Waals surface area contributed by atoms with E-state index < -0.39 is 10.0 Å². The van der Waals surface area contributed by atoms with E-state index in [0.717, 1.165) is 26.1 Å². The first-order valence-electron chi connectivity index (χ1n) is 7.22. The Morgan fingerprint density at radius 3 is 2.20 bits per heavy atom. The Balaban J connectivity index is 2.40. The third-order valence-electron chi connectivity index (χ3n) is 3.77. The Bertz CT molecular complexity index is 392. The molecule has 1 unspecified atom stereocenters. The van der Waals surface area contributed by atoms with Crippen LogP contribution < -0.4 is 5.32 Å². The van der Waals surface area contributed by atoms with Gasteiger partial charge in [0.1, 0.15) is 0 Å². The average molecular weight is 307 g/mol. The molecular weight excluding hydrogens is 278 g/mol. The maximum atomic E-state index is 11.4. The highest BCUT2D eigenvalue weighted by atomic mass is 32.2. The van der Waals surface area contributed by atoms with E-state index in [1.54, 1.807) is 0 Å². The molecule has 1 saturated heterocycles. The fourth-order valence-electron chi connectivity index (χ4n) is 2.58. The molecule has 1 rings (SSSR count). The predicted molar refractivity (Wildman–Crippen MR) is 81.2 cm³/mol. The van der Waals surface area contributed by atoms with E-state index >= 15 is 0 Å². The van der Waals surface area contributed by atoms with Gasteiger partial charge in [0.15, 0.2) is 0 Å². The minimum Gasteiger partial charge on any atom is -0.394 e. The monoisotopic (exact) mass is 307 g/mol. The van der Waals surface area contributed by atoms with E-state index in [1.807, 2.05) is 6.92 Å². The minimum absolute atomic E-state index is 0.106. The van der Waals surface area contributed by atoms with E-state index in [4.69, 9.17) is 0 Å². The molecule has 2 N–H and O–H groups in total. The molecule has 1 atom stereocenters. The van der Waals surface area contributed by atoms with E-state index in [9.17, 15) is 13.5 Å². The highest BCUT2D eigenvalue weighted by Crippen LogP contribution is 2.13. The Morgan fingerprint density at radius 1 is 1.25 bits per heavy atom. The zero-order valence-corrected chi connectivity index (χ0v) is 13.9. The summed E-state index contributed by atoms with van der Waals surface area (Å²) in [5, 5.41) is 12.9. The van der Waals surface area contributed by atoms with Crippen LogP contribution in [-0.2, 0) is 10.0 Å². The number of piperazine rings is 1. The molecule has 0 radical (unpaired) electrons. The van der Waals surface area contributed by atoms with E-state index in [1.165, 1.54) is 10.6 Å². The predicted octanol–water partition coefficient (Wildman–Crippen LogP) is -0.297. The highest BCUT2D eigenvalue weighted by Gasteiger charge is 2.27. The van der Waals surface area contributed by atoms with Crippen molar-refractivity contribution in [3.8, 4) is 0 Å². The maximum Gasteiger partial charge on any atom is 0.211 e. The molecule has 1 heterocycles. The Kier molecular flexibility index (Phi) is 6.40.